The molecule has 2 aromatic rings. The summed E-state index contributed by atoms with van der Waals surface area (Å²) in [6.45, 7) is 2.89. The van der Waals surface area contributed by atoms with Crippen LogP contribution in [0.1, 0.15) is 0 Å². The number of hydrogen-bond acceptors (Lipinski definition) is 3. The van der Waals surface area contributed by atoms with Crippen molar-refractivity contribution in [3.8, 4) is 11.4 Å². The van der Waals surface area contributed by atoms with Gasteiger partial charge in [0.25, 0.3) is 0 Å². The monoisotopic (exact) mass is 271 g/mol. The van der Waals surface area contributed by atoms with Crippen LogP contribution >= 0.6 is 0 Å². The van der Waals surface area contributed by atoms with Gasteiger partial charge in [0.05, 0.1) is 0 Å². The summed E-state index contributed by atoms with van der Waals surface area (Å²) < 4.78 is 2.04. The lowest BCUT2D eigenvalue weighted by Crippen LogP contribution is -2.31. The maximum absolute atomic E-state index is 11.5. The van der Waals surface area contributed by atoms with Crippen LogP contribution in [-0.2, 0) is 6.54 Å². The maximum atomic E-state index is 11.5. The molecule has 3 rings (SSSR count). The number of amides is 2. The first kappa shape index (κ1) is 12.5. The third-order valence-electron chi connectivity index (χ3n) is 3.42. The molecule has 1 aliphatic heterocycles. The molecule has 20 heavy (non-hydrogen) atoms. The normalized spacial score (nSPS) is 14.6. The second-order valence-electron chi connectivity index (χ2n) is 4.79. The zero-order chi connectivity index (χ0) is 13.9. The molecule has 1 saturated heterocycles. The van der Waals surface area contributed by atoms with Gasteiger partial charge in [-0.1, -0.05) is 12.1 Å². The van der Waals surface area contributed by atoms with Gasteiger partial charge in [-0.05, 0) is 12.1 Å². The quantitative estimate of drug-likeness (QED) is 0.819. The standard InChI is InChI=1S/C14H17N5O/c15-12-3-1-2-11(10-12)13-16-4-6-18(13)8-9-19-7-5-17-14(19)20/h1-4,6,10H,5,7-9,15H2,(H,17,20). The first-order valence-electron chi connectivity index (χ1n) is 6.64. The highest BCUT2D eigenvalue weighted by Gasteiger charge is 2.19. The molecule has 1 aliphatic rings. The Morgan fingerprint density at radius 1 is 1.35 bits per heavy atom. The molecular formula is C14H17N5O. The summed E-state index contributed by atoms with van der Waals surface area (Å²) in [6.07, 6.45) is 3.69. The number of anilines is 1. The van der Waals surface area contributed by atoms with E-state index in [-0.39, 0.29) is 6.03 Å². The number of aromatic nitrogens is 2. The zero-order valence-corrected chi connectivity index (χ0v) is 11.1. The van der Waals surface area contributed by atoms with Gasteiger partial charge in [-0.3, -0.25) is 0 Å². The van der Waals surface area contributed by atoms with Gasteiger partial charge in [0, 0.05) is 49.8 Å². The van der Waals surface area contributed by atoms with Crippen molar-refractivity contribution in [2.45, 2.75) is 6.54 Å². The van der Waals surface area contributed by atoms with Gasteiger partial charge in [0.2, 0.25) is 0 Å². The predicted octanol–water partition coefficient (Wildman–Crippen LogP) is 1.16. The van der Waals surface area contributed by atoms with E-state index in [9.17, 15) is 4.79 Å². The molecule has 3 N–H and O–H groups in total. The SMILES string of the molecule is Nc1cccc(-c2nccn2CCN2CCNC2=O)c1. The van der Waals surface area contributed by atoms with Crippen LogP contribution in [0.5, 0.6) is 0 Å². The number of carbonyl (C=O) groups excluding carboxylic acids is 1. The van der Waals surface area contributed by atoms with Crippen LogP contribution in [0, 0.1) is 0 Å². The van der Waals surface area contributed by atoms with E-state index in [0.29, 0.717) is 6.54 Å². The minimum Gasteiger partial charge on any atom is -0.399 e. The molecule has 0 radical (unpaired) electrons. The molecule has 1 aromatic carbocycles. The highest BCUT2D eigenvalue weighted by Crippen LogP contribution is 2.19. The van der Waals surface area contributed by atoms with Crippen molar-refractivity contribution < 1.29 is 4.79 Å². The third kappa shape index (κ3) is 2.45. The summed E-state index contributed by atoms with van der Waals surface area (Å²) in [5.74, 6) is 0.872. The van der Waals surface area contributed by atoms with Gasteiger partial charge in [-0.2, -0.15) is 0 Å². The van der Waals surface area contributed by atoms with Crippen molar-refractivity contribution in [2.24, 2.45) is 0 Å². The largest absolute Gasteiger partial charge is 0.399 e. The first-order valence-corrected chi connectivity index (χ1v) is 6.64. The molecule has 0 aliphatic carbocycles. The Morgan fingerprint density at radius 2 is 2.25 bits per heavy atom. The molecule has 0 bridgehead atoms. The molecule has 2 amide bonds. The van der Waals surface area contributed by atoms with Crippen molar-refractivity contribution in [1.29, 1.82) is 0 Å². The van der Waals surface area contributed by atoms with E-state index >= 15 is 0 Å². The van der Waals surface area contributed by atoms with Gasteiger partial charge in [-0.25, -0.2) is 9.78 Å². The summed E-state index contributed by atoms with van der Waals surface area (Å²) in [5.41, 5.74) is 7.51. The summed E-state index contributed by atoms with van der Waals surface area (Å²) in [5, 5.41) is 2.80. The van der Waals surface area contributed by atoms with Gasteiger partial charge in [-0.15, -0.1) is 0 Å². The number of hydrogen-bond donors (Lipinski definition) is 2. The number of benzene rings is 1. The summed E-state index contributed by atoms with van der Waals surface area (Å²) >= 11 is 0. The third-order valence-corrected chi connectivity index (χ3v) is 3.42. The van der Waals surface area contributed by atoms with Crippen LogP contribution in [0.3, 0.4) is 0 Å². The van der Waals surface area contributed by atoms with Crippen molar-refractivity contribution >= 4 is 11.7 Å². The molecule has 0 atom stereocenters. The molecule has 0 unspecified atom stereocenters. The fourth-order valence-corrected chi connectivity index (χ4v) is 2.38. The molecule has 0 spiro atoms. The van der Waals surface area contributed by atoms with Gasteiger partial charge in [0.15, 0.2) is 0 Å². The predicted molar refractivity (Wildman–Crippen MR) is 77.0 cm³/mol. The smallest absolute Gasteiger partial charge is 0.317 e. The number of imidazole rings is 1. The van der Waals surface area contributed by atoms with E-state index < -0.39 is 0 Å². The van der Waals surface area contributed by atoms with E-state index in [4.69, 9.17) is 5.73 Å². The number of carbonyl (C=O) groups is 1. The summed E-state index contributed by atoms with van der Waals surface area (Å²) in [4.78, 5) is 17.7. The highest BCUT2D eigenvalue weighted by atomic mass is 16.2. The number of urea groups is 1. The number of nitrogens with two attached hydrogens (primary N) is 1. The fourth-order valence-electron chi connectivity index (χ4n) is 2.38. The van der Waals surface area contributed by atoms with E-state index in [1.807, 2.05) is 39.9 Å². The fraction of sp³-hybridized carbons (Fsp3) is 0.286. The lowest BCUT2D eigenvalue weighted by Gasteiger charge is -2.15. The van der Waals surface area contributed by atoms with E-state index in [1.165, 1.54) is 0 Å². The molecular weight excluding hydrogens is 254 g/mol. The van der Waals surface area contributed by atoms with Gasteiger partial charge >= 0.3 is 6.03 Å². The van der Waals surface area contributed by atoms with Crippen LogP contribution in [-0.4, -0.2) is 40.1 Å². The Balaban J connectivity index is 1.75. The van der Waals surface area contributed by atoms with Gasteiger partial charge < -0.3 is 20.5 Å². The molecule has 1 fully saturated rings. The zero-order valence-electron chi connectivity index (χ0n) is 11.1. The average molecular weight is 271 g/mol. The average Bonchev–Trinajstić information content (AvgIpc) is 3.05. The molecule has 104 valence electrons. The van der Waals surface area contributed by atoms with Gasteiger partial charge in [0.1, 0.15) is 5.82 Å². The highest BCUT2D eigenvalue weighted by molar-refractivity contribution is 5.76. The number of rotatable bonds is 4. The van der Waals surface area contributed by atoms with Crippen molar-refractivity contribution in [1.82, 2.24) is 19.8 Å². The Labute approximate surface area is 117 Å². The molecule has 1 aromatic heterocycles. The van der Waals surface area contributed by atoms with E-state index in [2.05, 4.69) is 10.3 Å². The Hall–Kier alpha value is -2.50. The molecule has 2 heterocycles. The minimum absolute atomic E-state index is 0.00983. The Bertz CT molecular complexity index is 622. The van der Waals surface area contributed by atoms with Crippen molar-refractivity contribution in [3.05, 3.63) is 36.7 Å². The first-order chi connectivity index (χ1) is 9.74. The summed E-state index contributed by atoms with van der Waals surface area (Å²) in [7, 11) is 0. The van der Waals surface area contributed by atoms with Crippen LogP contribution in [0.4, 0.5) is 10.5 Å². The Morgan fingerprint density at radius 3 is 3.00 bits per heavy atom. The minimum atomic E-state index is 0.00983. The lowest BCUT2D eigenvalue weighted by molar-refractivity contribution is 0.215. The van der Waals surface area contributed by atoms with Crippen LogP contribution < -0.4 is 11.1 Å². The van der Waals surface area contributed by atoms with Crippen LogP contribution in [0.2, 0.25) is 0 Å². The number of nitrogens with one attached hydrogen (secondary N) is 1. The molecule has 6 heteroatoms. The van der Waals surface area contributed by atoms with Crippen LogP contribution in [0.15, 0.2) is 36.7 Å². The van der Waals surface area contributed by atoms with Crippen molar-refractivity contribution in [2.75, 3.05) is 25.4 Å². The van der Waals surface area contributed by atoms with Crippen molar-refractivity contribution in [3.63, 3.8) is 0 Å². The lowest BCUT2D eigenvalue weighted by atomic mass is 10.2. The van der Waals surface area contributed by atoms with E-state index in [0.717, 1.165) is 36.7 Å². The second-order valence-corrected chi connectivity index (χ2v) is 4.79. The topological polar surface area (TPSA) is 76.2 Å². The second kappa shape index (κ2) is 5.24. The molecule has 0 saturated carbocycles. The summed E-state index contributed by atoms with van der Waals surface area (Å²) in [6, 6.07) is 7.66. The number of nitrogens with zero attached hydrogens (tertiary/aromatic N) is 3. The Kier molecular flexibility index (Phi) is 3.28. The van der Waals surface area contributed by atoms with E-state index in [1.54, 1.807) is 6.20 Å². The number of nitrogen functional groups attached to an aromatic ring is 1. The van der Waals surface area contributed by atoms with Crippen LogP contribution in [0.25, 0.3) is 11.4 Å². The molecule has 6 nitrogen and oxygen atoms in total. The maximum Gasteiger partial charge on any atom is 0.317 e.